The minimum atomic E-state index is -5.08. The second-order valence-corrected chi connectivity index (χ2v) is 14.8. The Morgan fingerprint density at radius 3 is 2.19 bits per heavy atom. The number of carbonyl (C=O) groups is 2. The number of pyridine rings is 1. The van der Waals surface area contributed by atoms with E-state index in [1.807, 2.05) is 61.8 Å². The predicted octanol–water partition coefficient (Wildman–Crippen LogP) is 6.92. The molecule has 288 valence electrons. The number of anilines is 1. The summed E-state index contributed by atoms with van der Waals surface area (Å²) in [6.45, 7) is 4.63. The van der Waals surface area contributed by atoms with Crippen LogP contribution in [0.4, 0.5) is 32.0 Å². The van der Waals surface area contributed by atoms with Gasteiger partial charge in [0.15, 0.2) is 0 Å². The van der Waals surface area contributed by atoms with Crippen LogP contribution in [0.3, 0.4) is 0 Å². The number of thiophene rings is 1. The molecule has 0 saturated carbocycles. The zero-order chi connectivity index (χ0) is 39.4. The molecular formula is C32H33F6N5O7S3. The number of rotatable bonds is 13. The van der Waals surface area contributed by atoms with Crippen molar-refractivity contribution in [2.45, 2.75) is 36.5 Å². The molecule has 0 unspecified atom stereocenters. The van der Waals surface area contributed by atoms with E-state index >= 15 is 0 Å². The van der Waals surface area contributed by atoms with Crippen LogP contribution in [0.15, 0.2) is 76.6 Å². The monoisotopic (exact) mass is 809 g/mol. The molecule has 0 fully saturated rings. The Kier molecular flexibility index (Phi) is 15.3. The number of aromatic nitrogens is 3. The van der Waals surface area contributed by atoms with E-state index in [1.165, 1.54) is 15.6 Å². The van der Waals surface area contributed by atoms with Crippen molar-refractivity contribution in [3.8, 4) is 10.7 Å². The molecule has 0 saturated heterocycles. The van der Waals surface area contributed by atoms with Gasteiger partial charge in [-0.1, -0.05) is 24.3 Å². The quantitative estimate of drug-likeness (QED) is 0.0840. The third-order valence-electron chi connectivity index (χ3n) is 6.76. The van der Waals surface area contributed by atoms with E-state index < -0.39 is 34.3 Å². The van der Waals surface area contributed by atoms with Crippen LogP contribution >= 0.6 is 22.7 Å². The second kappa shape index (κ2) is 19.0. The highest BCUT2D eigenvalue weighted by atomic mass is 32.2. The first-order chi connectivity index (χ1) is 24.8. The molecule has 4 aromatic heterocycles. The van der Waals surface area contributed by atoms with Crippen LogP contribution in [0.2, 0.25) is 0 Å². The van der Waals surface area contributed by atoms with Gasteiger partial charge >= 0.3 is 24.3 Å². The van der Waals surface area contributed by atoms with Crippen LogP contribution in [-0.2, 0) is 37.3 Å². The number of carboxylic acid groups (broad SMARTS) is 2. The summed E-state index contributed by atoms with van der Waals surface area (Å²) in [5.41, 5.74) is 3.30. The molecule has 0 aliphatic rings. The Morgan fingerprint density at radius 1 is 0.943 bits per heavy atom. The standard InChI is InChI=1S/C28H31N5O3S3.2C2HF3O2/c1-3-36-16-15-33(39(34,35)26-11-7-17-37-26)25-10-6-8-21-18-24(31-27(21)25)28-30-19-23(38-28)20-32(2)14-12-22-9-4-5-13-29-22;2*3-2(4,5)1(6)7/h4-11,13,17-19,31H,3,12,14-16,20H2,1-2H3;2*(H,6,7). The molecule has 4 heterocycles. The number of para-hydroxylation sites is 1. The largest absolute Gasteiger partial charge is 0.490 e. The molecular weight excluding hydrogens is 777 g/mol. The summed E-state index contributed by atoms with van der Waals surface area (Å²) in [6, 6.07) is 17.1. The summed E-state index contributed by atoms with van der Waals surface area (Å²) in [7, 11) is -1.64. The number of H-pyrrole nitrogens is 1. The van der Waals surface area contributed by atoms with Gasteiger partial charge in [0.2, 0.25) is 0 Å². The summed E-state index contributed by atoms with van der Waals surface area (Å²) in [4.78, 5) is 33.8. The maximum atomic E-state index is 13.6. The Balaban J connectivity index is 0.000000458. The average Bonchev–Trinajstić information content (AvgIpc) is 3.88. The fraction of sp³-hybridized carbons (Fsp3) is 0.312. The highest BCUT2D eigenvalue weighted by Gasteiger charge is 2.39. The molecule has 3 N–H and O–H groups in total. The molecule has 0 amide bonds. The smallest absolute Gasteiger partial charge is 0.475 e. The topological polar surface area (TPSA) is 166 Å². The van der Waals surface area contributed by atoms with Gasteiger partial charge in [0.25, 0.3) is 10.0 Å². The summed E-state index contributed by atoms with van der Waals surface area (Å²) in [5, 5.41) is 17.8. The van der Waals surface area contributed by atoms with Crippen LogP contribution in [0.5, 0.6) is 0 Å². The lowest BCUT2D eigenvalue weighted by atomic mass is 10.2. The number of sulfonamides is 1. The third-order valence-corrected chi connectivity index (χ3v) is 11.0. The highest BCUT2D eigenvalue weighted by molar-refractivity contribution is 7.94. The fourth-order valence-electron chi connectivity index (χ4n) is 4.35. The van der Waals surface area contributed by atoms with Gasteiger partial charge in [0.1, 0.15) is 9.22 Å². The van der Waals surface area contributed by atoms with Crippen LogP contribution < -0.4 is 4.31 Å². The maximum absolute atomic E-state index is 13.6. The fourth-order valence-corrected chi connectivity index (χ4v) is 7.87. The minimum absolute atomic E-state index is 0.216. The van der Waals surface area contributed by atoms with Gasteiger partial charge in [-0.05, 0) is 49.7 Å². The Hall–Kier alpha value is -4.57. The number of carboxylic acids is 2. The highest BCUT2D eigenvalue weighted by Crippen LogP contribution is 2.35. The average molecular weight is 810 g/mol. The number of alkyl halides is 6. The molecule has 5 rings (SSSR count). The Labute approximate surface area is 307 Å². The molecule has 0 atom stereocenters. The molecule has 0 bridgehead atoms. The van der Waals surface area contributed by atoms with Crippen molar-refractivity contribution in [2.75, 3.05) is 37.7 Å². The van der Waals surface area contributed by atoms with Gasteiger partial charge < -0.3 is 24.8 Å². The number of thiazole rings is 1. The molecule has 0 aliphatic carbocycles. The van der Waals surface area contributed by atoms with Crippen molar-refractivity contribution in [3.63, 3.8) is 0 Å². The maximum Gasteiger partial charge on any atom is 0.490 e. The molecule has 53 heavy (non-hydrogen) atoms. The predicted molar refractivity (Wildman–Crippen MR) is 186 cm³/mol. The number of ether oxygens (including phenoxy) is 1. The number of aromatic amines is 1. The molecule has 12 nitrogen and oxygen atoms in total. The third kappa shape index (κ3) is 12.8. The summed E-state index contributed by atoms with van der Waals surface area (Å²) < 4.78 is 98.0. The zero-order valence-electron chi connectivity index (χ0n) is 27.9. The first-order valence-electron chi connectivity index (χ1n) is 15.2. The number of nitrogens with one attached hydrogen (secondary N) is 1. The number of fused-ring (bicyclic) bond motifs is 1. The summed E-state index contributed by atoms with van der Waals surface area (Å²) >= 11 is 2.85. The number of hydrogen-bond acceptors (Lipinski definition) is 10. The number of likely N-dealkylation sites (N-methyl/N-ethyl adjacent to an activating group) is 1. The van der Waals surface area contributed by atoms with Crippen molar-refractivity contribution in [1.29, 1.82) is 0 Å². The molecule has 0 spiro atoms. The first-order valence-corrected chi connectivity index (χ1v) is 18.4. The number of benzene rings is 1. The normalized spacial score (nSPS) is 11.8. The summed E-state index contributed by atoms with van der Waals surface area (Å²) in [5.74, 6) is -5.51. The number of nitrogens with zero attached hydrogens (tertiary/aromatic N) is 4. The summed E-state index contributed by atoms with van der Waals surface area (Å²) in [6.07, 6.45) is -5.53. The van der Waals surface area contributed by atoms with E-state index in [0.29, 0.717) is 23.1 Å². The SMILES string of the molecule is CCOCCN(c1cccc2cc(-c3ncc(CN(C)CCc4ccccn4)s3)[nH]c12)S(=O)(=O)c1cccs1.O=C(O)C(F)(F)F.O=C(O)C(F)(F)F. The van der Waals surface area contributed by atoms with E-state index in [2.05, 4.69) is 26.9 Å². The van der Waals surface area contributed by atoms with Crippen LogP contribution in [0.25, 0.3) is 21.6 Å². The first kappa shape index (κ1) is 42.8. The van der Waals surface area contributed by atoms with Gasteiger partial charge in [0.05, 0.1) is 30.0 Å². The van der Waals surface area contributed by atoms with Crippen molar-refractivity contribution < 1.29 is 59.3 Å². The van der Waals surface area contributed by atoms with E-state index in [1.54, 1.807) is 28.8 Å². The second-order valence-electron chi connectivity index (χ2n) is 10.7. The van der Waals surface area contributed by atoms with E-state index in [0.717, 1.165) is 51.7 Å². The lowest BCUT2D eigenvalue weighted by Gasteiger charge is -2.24. The van der Waals surface area contributed by atoms with Crippen molar-refractivity contribution in [3.05, 3.63) is 82.9 Å². The van der Waals surface area contributed by atoms with Gasteiger partial charge in [-0.15, -0.1) is 22.7 Å². The van der Waals surface area contributed by atoms with E-state index in [9.17, 15) is 34.8 Å². The van der Waals surface area contributed by atoms with Gasteiger partial charge in [-0.3, -0.25) is 9.29 Å². The molecule has 1 aromatic carbocycles. The van der Waals surface area contributed by atoms with Crippen molar-refractivity contribution >= 4 is 61.2 Å². The van der Waals surface area contributed by atoms with Gasteiger partial charge in [0, 0.05) is 54.5 Å². The van der Waals surface area contributed by atoms with E-state index in [4.69, 9.17) is 24.5 Å². The number of hydrogen-bond donors (Lipinski definition) is 3. The van der Waals surface area contributed by atoms with Crippen LogP contribution in [0.1, 0.15) is 17.5 Å². The van der Waals surface area contributed by atoms with Gasteiger partial charge in [-0.2, -0.15) is 26.3 Å². The van der Waals surface area contributed by atoms with Gasteiger partial charge in [-0.25, -0.2) is 23.0 Å². The number of halogens is 6. The van der Waals surface area contributed by atoms with E-state index in [-0.39, 0.29) is 6.54 Å². The molecule has 0 radical (unpaired) electrons. The van der Waals surface area contributed by atoms with Crippen LogP contribution in [0, 0.1) is 0 Å². The lowest BCUT2D eigenvalue weighted by Crippen LogP contribution is -2.34. The molecule has 21 heteroatoms. The van der Waals surface area contributed by atoms with Crippen molar-refractivity contribution in [1.82, 2.24) is 19.9 Å². The number of aliphatic carboxylic acids is 2. The zero-order valence-corrected chi connectivity index (χ0v) is 30.3. The van der Waals surface area contributed by atoms with Crippen molar-refractivity contribution in [2.24, 2.45) is 0 Å². The minimum Gasteiger partial charge on any atom is -0.475 e. The Bertz CT molecular complexity index is 2000. The molecule has 5 aromatic rings. The lowest BCUT2D eigenvalue weighted by molar-refractivity contribution is -0.193. The van der Waals surface area contributed by atoms with Crippen LogP contribution in [-0.4, -0.2) is 96.1 Å². The Morgan fingerprint density at radius 2 is 1.62 bits per heavy atom. The molecule has 0 aliphatic heterocycles.